The topological polar surface area (TPSA) is 59.2 Å². The maximum Gasteiger partial charge on any atom is 0.223 e. The van der Waals surface area contributed by atoms with Gasteiger partial charge in [0.15, 0.2) is 0 Å². The van der Waals surface area contributed by atoms with Gasteiger partial charge in [-0.15, -0.1) is 0 Å². The third-order valence-electron chi connectivity index (χ3n) is 4.26. The molecule has 2 N–H and O–H groups in total. The van der Waals surface area contributed by atoms with E-state index < -0.39 is 0 Å². The lowest BCUT2D eigenvalue weighted by molar-refractivity contribution is -0.133. The van der Waals surface area contributed by atoms with Crippen LogP contribution in [0.5, 0.6) is 0 Å². The van der Waals surface area contributed by atoms with Crippen molar-refractivity contribution < 1.29 is 4.79 Å². The summed E-state index contributed by atoms with van der Waals surface area (Å²) in [6.45, 7) is 3.43. The fraction of sp³-hybridized carbons (Fsp3) is 0.625. The second-order valence-electron chi connectivity index (χ2n) is 5.68. The van der Waals surface area contributed by atoms with Gasteiger partial charge in [0.1, 0.15) is 0 Å². The summed E-state index contributed by atoms with van der Waals surface area (Å²) in [5.41, 5.74) is 7.27. The zero-order chi connectivity index (χ0) is 14.4. The van der Waals surface area contributed by atoms with Crippen LogP contribution in [0.1, 0.15) is 44.6 Å². The molecule has 1 saturated carbocycles. The zero-order valence-electron chi connectivity index (χ0n) is 12.3. The summed E-state index contributed by atoms with van der Waals surface area (Å²) in [6.07, 6.45) is 8.71. The molecule has 0 spiro atoms. The van der Waals surface area contributed by atoms with Gasteiger partial charge in [-0.25, -0.2) is 0 Å². The number of carbonyl (C=O) groups is 1. The highest BCUT2D eigenvalue weighted by Crippen LogP contribution is 2.26. The lowest BCUT2D eigenvalue weighted by atomic mass is 9.82. The second kappa shape index (κ2) is 7.39. The number of hydrogen-bond donors (Lipinski definition) is 1. The molecule has 0 saturated heterocycles. The summed E-state index contributed by atoms with van der Waals surface area (Å²) in [6, 6.07) is 4.12. The number of aromatic nitrogens is 1. The van der Waals surface area contributed by atoms with Crippen LogP contribution in [0.3, 0.4) is 0 Å². The van der Waals surface area contributed by atoms with Gasteiger partial charge in [0.25, 0.3) is 0 Å². The van der Waals surface area contributed by atoms with Gasteiger partial charge in [0, 0.05) is 37.9 Å². The van der Waals surface area contributed by atoms with E-state index in [-0.39, 0.29) is 11.9 Å². The van der Waals surface area contributed by atoms with Crippen molar-refractivity contribution in [2.24, 2.45) is 11.7 Å². The van der Waals surface area contributed by atoms with Crippen LogP contribution in [0.25, 0.3) is 0 Å². The summed E-state index contributed by atoms with van der Waals surface area (Å²) in [7, 11) is 0. The van der Waals surface area contributed by atoms with Crippen LogP contribution in [0.2, 0.25) is 0 Å². The first kappa shape index (κ1) is 15.0. The molecule has 1 aromatic rings. The van der Waals surface area contributed by atoms with Crippen LogP contribution in [0.15, 0.2) is 24.5 Å². The molecule has 2 rings (SSSR count). The molecule has 2 unspecified atom stereocenters. The minimum absolute atomic E-state index is 0.201. The van der Waals surface area contributed by atoms with Gasteiger partial charge >= 0.3 is 0 Å². The molecule has 1 aliphatic rings. The Labute approximate surface area is 121 Å². The molecule has 0 aliphatic heterocycles. The average Bonchev–Trinajstić information content (AvgIpc) is 2.48. The molecule has 1 fully saturated rings. The molecule has 1 heterocycles. The highest BCUT2D eigenvalue weighted by Gasteiger charge is 2.25. The number of nitrogens with two attached hydrogens (primary N) is 1. The largest absolute Gasteiger partial charge is 0.339 e. The van der Waals surface area contributed by atoms with Crippen LogP contribution < -0.4 is 5.73 Å². The van der Waals surface area contributed by atoms with E-state index in [4.69, 9.17) is 5.73 Å². The van der Waals surface area contributed by atoms with Crippen molar-refractivity contribution in [1.82, 2.24) is 9.88 Å². The Morgan fingerprint density at radius 1 is 1.35 bits per heavy atom. The van der Waals surface area contributed by atoms with E-state index in [0.29, 0.717) is 18.9 Å². The summed E-state index contributed by atoms with van der Waals surface area (Å²) >= 11 is 0. The predicted molar refractivity (Wildman–Crippen MR) is 79.9 cm³/mol. The van der Waals surface area contributed by atoms with Crippen molar-refractivity contribution in [1.29, 1.82) is 0 Å². The van der Waals surface area contributed by atoms with Crippen molar-refractivity contribution in [3.63, 3.8) is 0 Å². The predicted octanol–water partition coefficient (Wildman–Crippen LogP) is 2.34. The number of amides is 1. The standard InChI is InChI=1S/C16H25N3O/c1-2-19(12-13-7-9-18-10-8-13)16(20)11-14-5-3-4-6-15(14)17/h7-10,14-15H,2-6,11-12,17H2,1H3. The lowest BCUT2D eigenvalue weighted by Crippen LogP contribution is -2.38. The Kier molecular flexibility index (Phi) is 5.53. The van der Waals surface area contributed by atoms with Crippen molar-refractivity contribution in [3.05, 3.63) is 30.1 Å². The van der Waals surface area contributed by atoms with Gasteiger partial charge in [-0.2, -0.15) is 0 Å². The van der Waals surface area contributed by atoms with Gasteiger partial charge in [-0.05, 0) is 43.4 Å². The number of hydrogen-bond acceptors (Lipinski definition) is 3. The van der Waals surface area contributed by atoms with Gasteiger partial charge in [-0.1, -0.05) is 12.8 Å². The molecular weight excluding hydrogens is 250 g/mol. The van der Waals surface area contributed by atoms with E-state index in [1.54, 1.807) is 12.4 Å². The Balaban J connectivity index is 1.91. The molecular formula is C16H25N3O. The van der Waals surface area contributed by atoms with E-state index in [1.807, 2.05) is 24.0 Å². The van der Waals surface area contributed by atoms with Crippen molar-refractivity contribution in [2.75, 3.05) is 6.54 Å². The Hall–Kier alpha value is -1.42. The molecule has 20 heavy (non-hydrogen) atoms. The van der Waals surface area contributed by atoms with E-state index >= 15 is 0 Å². The van der Waals surface area contributed by atoms with Gasteiger partial charge in [-0.3, -0.25) is 9.78 Å². The van der Waals surface area contributed by atoms with Crippen molar-refractivity contribution in [2.45, 2.75) is 51.6 Å². The molecule has 0 aromatic carbocycles. The molecule has 4 heteroatoms. The molecule has 1 aliphatic carbocycles. The Morgan fingerprint density at radius 2 is 2.05 bits per heavy atom. The monoisotopic (exact) mass is 275 g/mol. The highest BCUT2D eigenvalue weighted by molar-refractivity contribution is 5.76. The maximum atomic E-state index is 12.4. The summed E-state index contributed by atoms with van der Waals surface area (Å²) in [5.74, 6) is 0.592. The molecule has 2 atom stereocenters. The number of pyridine rings is 1. The van der Waals surface area contributed by atoms with E-state index in [0.717, 1.165) is 24.9 Å². The number of rotatable bonds is 5. The highest BCUT2D eigenvalue weighted by atomic mass is 16.2. The summed E-state index contributed by atoms with van der Waals surface area (Å²) < 4.78 is 0. The SMILES string of the molecule is CCN(Cc1ccncc1)C(=O)CC1CCCCC1N. The Morgan fingerprint density at radius 3 is 2.70 bits per heavy atom. The molecule has 4 nitrogen and oxygen atoms in total. The number of carbonyl (C=O) groups excluding carboxylic acids is 1. The Bertz CT molecular complexity index is 421. The van der Waals surface area contributed by atoms with Gasteiger partial charge < -0.3 is 10.6 Å². The number of nitrogens with zero attached hydrogens (tertiary/aromatic N) is 2. The summed E-state index contributed by atoms with van der Waals surface area (Å²) in [5, 5.41) is 0. The normalized spacial score (nSPS) is 22.5. The van der Waals surface area contributed by atoms with E-state index in [1.165, 1.54) is 12.8 Å². The molecule has 110 valence electrons. The van der Waals surface area contributed by atoms with E-state index in [9.17, 15) is 4.79 Å². The van der Waals surface area contributed by atoms with Crippen LogP contribution in [-0.4, -0.2) is 28.4 Å². The fourth-order valence-electron chi connectivity index (χ4n) is 2.93. The third kappa shape index (κ3) is 4.04. The minimum atomic E-state index is 0.201. The van der Waals surface area contributed by atoms with Crippen molar-refractivity contribution >= 4 is 5.91 Å². The first-order valence-electron chi connectivity index (χ1n) is 7.63. The smallest absolute Gasteiger partial charge is 0.223 e. The molecule has 1 amide bonds. The average molecular weight is 275 g/mol. The van der Waals surface area contributed by atoms with Gasteiger partial charge in [0.2, 0.25) is 5.91 Å². The molecule has 0 radical (unpaired) electrons. The first-order chi connectivity index (χ1) is 9.70. The van der Waals surface area contributed by atoms with Crippen LogP contribution in [0.4, 0.5) is 0 Å². The first-order valence-corrected chi connectivity index (χ1v) is 7.63. The van der Waals surface area contributed by atoms with Crippen LogP contribution >= 0.6 is 0 Å². The quantitative estimate of drug-likeness (QED) is 0.897. The molecule has 0 bridgehead atoms. The maximum absolute atomic E-state index is 12.4. The third-order valence-corrected chi connectivity index (χ3v) is 4.26. The van der Waals surface area contributed by atoms with Crippen LogP contribution in [0, 0.1) is 5.92 Å². The van der Waals surface area contributed by atoms with Crippen LogP contribution in [-0.2, 0) is 11.3 Å². The lowest BCUT2D eigenvalue weighted by Gasteiger charge is -2.30. The fourth-order valence-corrected chi connectivity index (χ4v) is 2.93. The van der Waals surface area contributed by atoms with E-state index in [2.05, 4.69) is 4.98 Å². The zero-order valence-corrected chi connectivity index (χ0v) is 12.3. The summed E-state index contributed by atoms with van der Waals surface area (Å²) in [4.78, 5) is 18.4. The van der Waals surface area contributed by atoms with Gasteiger partial charge in [0.05, 0.1) is 0 Å². The van der Waals surface area contributed by atoms with Crippen molar-refractivity contribution in [3.8, 4) is 0 Å². The molecule has 1 aromatic heterocycles. The second-order valence-corrected chi connectivity index (χ2v) is 5.68. The minimum Gasteiger partial charge on any atom is -0.339 e.